The molecule has 0 radical (unpaired) electrons. The molecule has 1 aliphatic rings. The van der Waals surface area contributed by atoms with Gasteiger partial charge in [0.25, 0.3) is 0 Å². The molecule has 1 heterocycles. The van der Waals surface area contributed by atoms with E-state index in [4.69, 9.17) is 10.5 Å². The first-order valence-electron chi connectivity index (χ1n) is 6.02. The van der Waals surface area contributed by atoms with Crippen LogP contribution in [-0.4, -0.2) is 32.3 Å². The van der Waals surface area contributed by atoms with Crippen molar-refractivity contribution in [3.63, 3.8) is 0 Å². The molecule has 1 aliphatic heterocycles. The maximum Gasteiger partial charge on any atom is 0.125 e. The van der Waals surface area contributed by atoms with Gasteiger partial charge in [-0.2, -0.15) is 0 Å². The summed E-state index contributed by atoms with van der Waals surface area (Å²) in [4.78, 5) is 2.01. The van der Waals surface area contributed by atoms with Crippen LogP contribution in [0.3, 0.4) is 0 Å². The Hall–Kier alpha value is -1.13. The summed E-state index contributed by atoms with van der Waals surface area (Å²) < 4.78 is 18.8. The molecule has 2 N–H and O–H groups in total. The highest BCUT2D eigenvalue weighted by atomic mass is 19.1. The number of rotatable bonds is 4. The molecule has 4 heteroatoms. The monoisotopic (exact) mass is 238 g/mol. The first-order chi connectivity index (χ1) is 8.22. The molecule has 0 aromatic heterocycles. The van der Waals surface area contributed by atoms with Gasteiger partial charge in [-0.05, 0) is 31.0 Å². The van der Waals surface area contributed by atoms with E-state index in [0.29, 0.717) is 6.54 Å². The number of anilines is 1. The van der Waals surface area contributed by atoms with E-state index in [9.17, 15) is 4.39 Å². The van der Waals surface area contributed by atoms with E-state index in [-0.39, 0.29) is 18.0 Å². The predicted octanol–water partition coefficient (Wildman–Crippen LogP) is 1.77. The molecule has 0 spiro atoms. The smallest absolute Gasteiger partial charge is 0.125 e. The van der Waals surface area contributed by atoms with Crippen LogP contribution in [0, 0.1) is 5.82 Å². The molecule has 1 fully saturated rings. The summed E-state index contributed by atoms with van der Waals surface area (Å²) in [6.45, 7) is 1.32. The molecule has 1 aromatic carbocycles. The van der Waals surface area contributed by atoms with Gasteiger partial charge in [0.15, 0.2) is 0 Å². The fraction of sp³-hybridized carbons (Fsp3) is 0.538. The number of ether oxygens (including phenoxy) is 1. The molecule has 17 heavy (non-hydrogen) atoms. The quantitative estimate of drug-likeness (QED) is 0.868. The van der Waals surface area contributed by atoms with Crippen LogP contribution in [0.25, 0.3) is 0 Å². The van der Waals surface area contributed by atoms with Gasteiger partial charge in [0, 0.05) is 25.9 Å². The van der Waals surface area contributed by atoms with Crippen molar-refractivity contribution in [2.24, 2.45) is 5.73 Å². The third-order valence-electron chi connectivity index (χ3n) is 3.35. The van der Waals surface area contributed by atoms with E-state index in [1.807, 2.05) is 18.0 Å². The number of nitrogens with zero attached hydrogens (tertiary/aromatic N) is 1. The molecule has 2 rings (SSSR count). The number of nitrogens with two attached hydrogens (primary N) is 1. The molecule has 3 nitrogen and oxygen atoms in total. The highest BCUT2D eigenvalue weighted by molar-refractivity contribution is 5.47. The number of halogens is 1. The zero-order valence-corrected chi connectivity index (χ0v) is 10.1. The van der Waals surface area contributed by atoms with Crippen LogP contribution in [0.2, 0.25) is 0 Å². The highest BCUT2D eigenvalue weighted by Crippen LogP contribution is 2.23. The zero-order valence-electron chi connectivity index (χ0n) is 10.1. The first-order valence-corrected chi connectivity index (χ1v) is 6.02. The summed E-state index contributed by atoms with van der Waals surface area (Å²) >= 11 is 0. The molecular weight excluding hydrogens is 219 g/mol. The normalized spacial score (nSPS) is 21.5. The number of likely N-dealkylation sites (N-methyl/N-ethyl adjacent to an activating group) is 1. The van der Waals surface area contributed by atoms with E-state index in [2.05, 4.69) is 0 Å². The Kier molecular flexibility index (Phi) is 3.97. The van der Waals surface area contributed by atoms with E-state index < -0.39 is 0 Å². The fourth-order valence-electron chi connectivity index (χ4n) is 2.35. The molecule has 2 unspecified atom stereocenters. The average Bonchev–Trinajstić information content (AvgIpc) is 2.83. The number of hydrogen-bond donors (Lipinski definition) is 1. The van der Waals surface area contributed by atoms with Gasteiger partial charge in [-0.25, -0.2) is 4.39 Å². The third-order valence-corrected chi connectivity index (χ3v) is 3.35. The topological polar surface area (TPSA) is 38.5 Å². The molecule has 0 bridgehead atoms. The number of hydrogen-bond acceptors (Lipinski definition) is 3. The van der Waals surface area contributed by atoms with E-state index in [1.165, 1.54) is 12.1 Å². The van der Waals surface area contributed by atoms with E-state index >= 15 is 0 Å². The minimum Gasteiger partial charge on any atom is -0.376 e. The molecular formula is C13H19FN2O. The van der Waals surface area contributed by atoms with E-state index in [1.54, 1.807) is 6.07 Å². The molecule has 0 aliphatic carbocycles. The van der Waals surface area contributed by atoms with Gasteiger partial charge in [-0.1, -0.05) is 6.07 Å². The Balaban J connectivity index is 2.13. The maximum absolute atomic E-state index is 13.2. The Labute approximate surface area is 101 Å². The van der Waals surface area contributed by atoms with Crippen LogP contribution in [0.4, 0.5) is 10.1 Å². The Bertz CT molecular complexity index is 366. The fourth-order valence-corrected chi connectivity index (χ4v) is 2.35. The molecule has 94 valence electrons. The highest BCUT2D eigenvalue weighted by Gasteiger charge is 2.28. The van der Waals surface area contributed by atoms with Crippen molar-refractivity contribution in [3.8, 4) is 0 Å². The van der Waals surface area contributed by atoms with Crippen molar-refractivity contribution in [2.45, 2.75) is 25.0 Å². The minimum absolute atomic E-state index is 0.110. The molecule has 0 saturated carbocycles. The average molecular weight is 238 g/mol. The third kappa shape index (κ3) is 2.76. The zero-order chi connectivity index (χ0) is 12.3. The Morgan fingerprint density at radius 1 is 1.59 bits per heavy atom. The lowest BCUT2D eigenvalue weighted by Crippen LogP contribution is -2.46. The van der Waals surface area contributed by atoms with Gasteiger partial charge in [0.1, 0.15) is 5.82 Å². The summed E-state index contributed by atoms with van der Waals surface area (Å²) in [5.41, 5.74) is 6.66. The van der Waals surface area contributed by atoms with Crippen molar-refractivity contribution in [3.05, 3.63) is 30.1 Å². The summed E-state index contributed by atoms with van der Waals surface area (Å²) in [6, 6.07) is 6.68. The predicted molar refractivity (Wildman–Crippen MR) is 66.6 cm³/mol. The maximum atomic E-state index is 13.2. The van der Waals surface area contributed by atoms with E-state index in [0.717, 1.165) is 25.1 Å². The standard InChI is InChI=1S/C13H19FN2O/c1-16(11-5-2-4-10(14)8-11)12(9-15)13-6-3-7-17-13/h2,4-5,8,12-13H,3,6-7,9,15H2,1H3. The summed E-state index contributed by atoms with van der Waals surface area (Å²) in [7, 11) is 1.94. The van der Waals surface area contributed by atoms with Gasteiger partial charge >= 0.3 is 0 Å². The van der Waals surface area contributed by atoms with Gasteiger partial charge in [0.05, 0.1) is 12.1 Å². The lowest BCUT2D eigenvalue weighted by atomic mass is 10.1. The van der Waals surface area contributed by atoms with Crippen molar-refractivity contribution in [1.82, 2.24) is 0 Å². The van der Waals surface area contributed by atoms with Gasteiger partial charge in [0.2, 0.25) is 0 Å². The van der Waals surface area contributed by atoms with Crippen molar-refractivity contribution >= 4 is 5.69 Å². The Morgan fingerprint density at radius 2 is 2.41 bits per heavy atom. The molecule has 1 saturated heterocycles. The summed E-state index contributed by atoms with van der Waals surface area (Å²) in [5, 5.41) is 0. The second-order valence-electron chi connectivity index (χ2n) is 4.45. The summed E-state index contributed by atoms with van der Waals surface area (Å²) in [5.74, 6) is -0.225. The minimum atomic E-state index is -0.225. The van der Waals surface area contributed by atoms with Gasteiger partial charge in [-0.3, -0.25) is 0 Å². The SMILES string of the molecule is CN(c1cccc(F)c1)C(CN)C1CCCO1. The number of benzene rings is 1. The lowest BCUT2D eigenvalue weighted by Gasteiger charge is -2.33. The molecule has 2 atom stereocenters. The van der Waals surface area contributed by atoms with Crippen LogP contribution >= 0.6 is 0 Å². The largest absolute Gasteiger partial charge is 0.376 e. The van der Waals surface area contributed by atoms with Gasteiger partial charge < -0.3 is 15.4 Å². The molecule has 1 aromatic rings. The van der Waals surface area contributed by atoms with Crippen LogP contribution in [-0.2, 0) is 4.74 Å². The van der Waals surface area contributed by atoms with Crippen molar-refractivity contribution < 1.29 is 9.13 Å². The summed E-state index contributed by atoms with van der Waals surface area (Å²) in [6.07, 6.45) is 2.27. The van der Waals surface area contributed by atoms with Crippen molar-refractivity contribution in [1.29, 1.82) is 0 Å². The first kappa shape index (κ1) is 12.3. The van der Waals surface area contributed by atoms with Crippen LogP contribution in [0.1, 0.15) is 12.8 Å². The van der Waals surface area contributed by atoms with Crippen LogP contribution < -0.4 is 10.6 Å². The Morgan fingerprint density at radius 3 is 3.00 bits per heavy atom. The second kappa shape index (κ2) is 5.47. The van der Waals surface area contributed by atoms with Crippen LogP contribution in [0.15, 0.2) is 24.3 Å². The van der Waals surface area contributed by atoms with Gasteiger partial charge in [-0.15, -0.1) is 0 Å². The lowest BCUT2D eigenvalue weighted by molar-refractivity contribution is 0.0906. The van der Waals surface area contributed by atoms with Crippen LogP contribution in [0.5, 0.6) is 0 Å². The second-order valence-corrected chi connectivity index (χ2v) is 4.45. The molecule has 0 amide bonds. The van der Waals surface area contributed by atoms with Crippen molar-refractivity contribution in [2.75, 3.05) is 25.1 Å².